The maximum atomic E-state index is 5.54. The quantitative estimate of drug-likeness (QED) is 0.805. The van der Waals surface area contributed by atoms with Gasteiger partial charge in [-0.15, -0.1) is 0 Å². The molecule has 2 aromatic carbocycles. The molecule has 0 saturated carbocycles. The summed E-state index contributed by atoms with van der Waals surface area (Å²) < 4.78 is 0. The fourth-order valence-corrected chi connectivity index (χ4v) is 2.66. The van der Waals surface area contributed by atoms with Crippen LogP contribution in [0.15, 0.2) is 36.4 Å². The summed E-state index contributed by atoms with van der Waals surface area (Å²) in [5, 5.41) is 4.08. The lowest BCUT2D eigenvalue weighted by atomic mass is 10.1. The lowest BCUT2D eigenvalue weighted by Gasteiger charge is -2.23. The monoisotopic (exact) mass is 298 g/mol. The standard InChI is InChI=1S/C18H22N2S/c1-12-6-8-16(9-7-12)20(5)18(21)19-17-14(3)10-13(2)11-15(17)4/h6-11H,1-5H3,(H,19,21). The summed E-state index contributed by atoms with van der Waals surface area (Å²) in [4.78, 5) is 1.99. The molecule has 2 nitrogen and oxygen atoms in total. The molecule has 3 heteroatoms. The minimum absolute atomic E-state index is 0.703. The predicted molar refractivity (Wildman–Crippen MR) is 96.5 cm³/mol. The Hall–Kier alpha value is -1.87. The molecule has 0 aliphatic rings. The van der Waals surface area contributed by atoms with Crippen molar-refractivity contribution in [2.24, 2.45) is 0 Å². The van der Waals surface area contributed by atoms with E-state index in [-0.39, 0.29) is 0 Å². The van der Waals surface area contributed by atoms with E-state index in [0.29, 0.717) is 5.11 Å². The second kappa shape index (κ2) is 6.27. The van der Waals surface area contributed by atoms with Crippen molar-refractivity contribution in [1.29, 1.82) is 0 Å². The highest BCUT2D eigenvalue weighted by Gasteiger charge is 2.10. The molecule has 1 N–H and O–H groups in total. The third-order valence-electron chi connectivity index (χ3n) is 3.63. The van der Waals surface area contributed by atoms with Crippen LogP contribution in [-0.2, 0) is 0 Å². The molecule has 0 atom stereocenters. The fourth-order valence-electron chi connectivity index (χ4n) is 2.45. The number of nitrogens with zero attached hydrogens (tertiary/aromatic N) is 1. The number of aryl methyl sites for hydroxylation is 4. The predicted octanol–water partition coefficient (Wildman–Crippen LogP) is 4.75. The first-order valence-corrected chi connectivity index (χ1v) is 7.48. The molecule has 21 heavy (non-hydrogen) atoms. The highest BCUT2D eigenvalue weighted by atomic mass is 32.1. The van der Waals surface area contributed by atoms with Crippen molar-refractivity contribution < 1.29 is 0 Å². The van der Waals surface area contributed by atoms with Crippen LogP contribution in [0, 0.1) is 27.7 Å². The molecule has 110 valence electrons. The number of thiocarbonyl (C=S) groups is 1. The summed E-state index contributed by atoms with van der Waals surface area (Å²) >= 11 is 5.54. The number of anilines is 2. The molecule has 0 saturated heterocycles. The molecular weight excluding hydrogens is 276 g/mol. The van der Waals surface area contributed by atoms with Crippen LogP contribution in [0.3, 0.4) is 0 Å². The van der Waals surface area contributed by atoms with Gasteiger partial charge in [0.15, 0.2) is 5.11 Å². The third-order valence-corrected chi connectivity index (χ3v) is 4.01. The number of rotatable bonds is 2. The number of benzene rings is 2. The van der Waals surface area contributed by atoms with Gasteiger partial charge in [0.2, 0.25) is 0 Å². The fraction of sp³-hybridized carbons (Fsp3) is 0.278. The maximum absolute atomic E-state index is 5.54. The second-order valence-electron chi connectivity index (χ2n) is 5.60. The Bertz CT molecular complexity index is 636. The zero-order valence-corrected chi connectivity index (χ0v) is 14.1. The van der Waals surface area contributed by atoms with Crippen LogP contribution in [0.2, 0.25) is 0 Å². The van der Waals surface area contributed by atoms with Crippen LogP contribution in [0.1, 0.15) is 22.3 Å². The summed E-state index contributed by atoms with van der Waals surface area (Å²) in [5.74, 6) is 0. The van der Waals surface area contributed by atoms with Gasteiger partial charge in [-0.1, -0.05) is 35.4 Å². The zero-order valence-electron chi connectivity index (χ0n) is 13.3. The van der Waals surface area contributed by atoms with E-state index in [2.05, 4.69) is 69.4 Å². The molecular formula is C18H22N2S. The molecule has 2 aromatic rings. The van der Waals surface area contributed by atoms with E-state index in [9.17, 15) is 0 Å². The Morgan fingerprint density at radius 3 is 1.95 bits per heavy atom. The highest BCUT2D eigenvalue weighted by Crippen LogP contribution is 2.23. The lowest BCUT2D eigenvalue weighted by molar-refractivity contribution is 1.26. The van der Waals surface area contributed by atoms with Crippen LogP contribution in [-0.4, -0.2) is 12.2 Å². The highest BCUT2D eigenvalue weighted by molar-refractivity contribution is 7.80. The van der Waals surface area contributed by atoms with Crippen molar-refractivity contribution in [1.82, 2.24) is 0 Å². The average Bonchev–Trinajstić information content (AvgIpc) is 2.42. The van der Waals surface area contributed by atoms with Gasteiger partial charge in [-0.3, -0.25) is 0 Å². The summed E-state index contributed by atoms with van der Waals surface area (Å²) in [6.07, 6.45) is 0. The number of hydrogen-bond donors (Lipinski definition) is 1. The van der Waals surface area contributed by atoms with Gasteiger partial charge in [-0.2, -0.15) is 0 Å². The minimum atomic E-state index is 0.703. The SMILES string of the molecule is Cc1ccc(N(C)C(=S)Nc2c(C)cc(C)cc2C)cc1. The van der Waals surface area contributed by atoms with E-state index >= 15 is 0 Å². The average molecular weight is 298 g/mol. The summed E-state index contributed by atoms with van der Waals surface area (Å²) in [6.45, 7) is 8.41. The van der Waals surface area contributed by atoms with Gasteiger partial charge >= 0.3 is 0 Å². The van der Waals surface area contributed by atoms with Crippen molar-refractivity contribution in [3.63, 3.8) is 0 Å². The van der Waals surface area contributed by atoms with E-state index in [1.807, 2.05) is 11.9 Å². The molecule has 0 spiro atoms. The van der Waals surface area contributed by atoms with Gasteiger partial charge in [0.25, 0.3) is 0 Å². The molecule has 0 unspecified atom stereocenters. The first-order valence-electron chi connectivity index (χ1n) is 7.07. The second-order valence-corrected chi connectivity index (χ2v) is 5.99. The van der Waals surface area contributed by atoms with Crippen molar-refractivity contribution >= 4 is 28.7 Å². The van der Waals surface area contributed by atoms with Crippen LogP contribution in [0.25, 0.3) is 0 Å². The van der Waals surface area contributed by atoms with Gasteiger partial charge in [0.1, 0.15) is 0 Å². The van der Waals surface area contributed by atoms with Gasteiger partial charge in [0, 0.05) is 18.4 Å². The molecule has 0 aliphatic heterocycles. The smallest absolute Gasteiger partial charge is 0.177 e. The van der Waals surface area contributed by atoms with Gasteiger partial charge in [-0.25, -0.2) is 0 Å². The largest absolute Gasteiger partial charge is 0.332 e. The topological polar surface area (TPSA) is 15.3 Å². The molecule has 2 rings (SSSR count). The summed E-state index contributed by atoms with van der Waals surface area (Å²) in [6, 6.07) is 12.7. The van der Waals surface area contributed by atoms with Crippen LogP contribution >= 0.6 is 12.2 Å². The first kappa shape index (κ1) is 15.5. The van der Waals surface area contributed by atoms with Crippen molar-refractivity contribution in [2.75, 3.05) is 17.3 Å². The molecule has 0 heterocycles. The van der Waals surface area contributed by atoms with E-state index in [1.54, 1.807) is 0 Å². The van der Waals surface area contributed by atoms with Gasteiger partial charge in [-0.05, 0) is 63.2 Å². The molecule has 0 aliphatic carbocycles. The molecule has 0 amide bonds. The minimum Gasteiger partial charge on any atom is -0.332 e. The lowest BCUT2D eigenvalue weighted by Crippen LogP contribution is -2.31. The molecule has 0 bridgehead atoms. The van der Waals surface area contributed by atoms with Gasteiger partial charge in [0.05, 0.1) is 0 Å². The van der Waals surface area contributed by atoms with E-state index < -0.39 is 0 Å². The number of hydrogen-bond acceptors (Lipinski definition) is 1. The van der Waals surface area contributed by atoms with Crippen LogP contribution in [0.4, 0.5) is 11.4 Å². The Labute approximate surface area is 132 Å². The van der Waals surface area contributed by atoms with Crippen LogP contribution < -0.4 is 10.2 Å². The Morgan fingerprint density at radius 1 is 0.905 bits per heavy atom. The van der Waals surface area contributed by atoms with Gasteiger partial charge < -0.3 is 10.2 Å². The maximum Gasteiger partial charge on any atom is 0.177 e. The summed E-state index contributed by atoms with van der Waals surface area (Å²) in [7, 11) is 1.98. The summed E-state index contributed by atoms with van der Waals surface area (Å²) in [5.41, 5.74) is 7.13. The third kappa shape index (κ3) is 3.61. The first-order chi connectivity index (χ1) is 9.88. The Kier molecular flexibility index (Phi) is 4.63. The molecule has 0 fully saturated rings. The zero-order chi connectivity index (χ0) is 15.6. The molecule has 0 radical (unpaired) electrons. The van der Waals surface area contributed by atoms with Crippen LogP contribution in [0.5, 0.6) is 0 Å². The van der Waals surface area contributed by atoms with Crippen molar-refractivity contribution in [3.8, 4) is 0 Å². The normalized spacial score (nSPS) is 10.3. The van der Waals surface area contributed by atoms with E-state index in [0.717, 1.165) is 11.4 Å². The van der Waals surface area contributed by atoms with Crippen molar-refractivity contribution in [3.05, 3.63) is 58.7 Å². The Balaban J connectivity index is 2.20. The Morgan fingerprint density at radius 2 is 1.43 bits per heavy atom. The van der Waals surface area contributed by atoms with Crippen molar-refractivity contribution in [2.45, 2.75) is 27.7 Å². The number of nitrogens with one attached hydrogen (secondary N) is 1. The van der Waals surface area contributed by atoms with E-state index in [1.165, 1.54) is 22.3 Å². The molecule has 0 aromatic heterocycles. The van der Waals surface area contributed by atoms with E-state index in [4.69, 9.17) is 12.2 Å².